The predicted octanol–water partition coefficient (Wildman–Crippen LogP) is 3.07. The van der Waals surface area contributed by atoms with Crippen LogP contribution in [-0.4, -0.2) is 16.6 Å². The van der Waals surface area contributed by atoms with Crippen molar-refractivity contribution in [3.05, 3.63) is 36.0 Å². The Morgan fingerprint density at radius 2 is 2.20 bits per heavy atom. The van der Waals surface area contributed by atoms with Crippen molar-refractivity contribution in [2.45, 2.75) is 25.7 Å². The van der Waals surface area contributed by atoms with E-state index in [2.05, 4.69) is 15.5 Å². The van der Waals surface area contributed by atoms with Crippen LogP contribution in [0.2, 0.25) is 0 Å². The van der Waals surface area contributed by atoms with Gasteiger partial charge in [-0.1, -0.05) is 18.2 Å². The minimum Gasteiger partial charge on any atom is -0.360 e. The van der Waals surface area contributed by atoms with Gasteiger partial charge in [0.25, 0.3) is 5.91 Å². The number of carbonyl (C=O) groups is 1. The highest BCUT2D eigenvalue weighted by Crippen LogP contribution is 2.42. The molecule has 102 valence electrons. The quantitative estimate of drug-likeness (QED) is 0.807. The van der Waals surface area contributed by atoms with Crippen molar-refractivity contribution in [1.82, 2.24) is 10.4 Å². The number of rotatable bonds is 2. The van der Waals surface area contributed by atoms with Gasteiger partial charge in [0.15, 0.2) is 0 Å². The molecule has 4 heteroatoms. The average molecular weight is 267 g/mol. The number of H-pyrrole nitrogens is 1. The maximum atomic E-state index is 12.2. The van der Waals surface area contributed by atoms with Gasteiger partial charge in [0.05, 0.1) is 5.56 Å². The van der Waals surface area contributed by atoms with Crippen LogP contribution in [0.3, 0.4) is 0 Å². The minimum atomic E-state index is -0.127. The first-order valence-electron chi connectivity index (χ1n) is 7.24. The lowest BCUT2D eigenvalue weighted by Crippen LogP contribution is -2.21. The van der Waals surface area contributed by atoms with E-state index in [1.807, 2.05) is 24.3 Å². The highest BCUT2D eigenvalue weighted by Gasteiger charge is 2.36. The van der Waals surface area contributed by atoms with E-state index >= 15 is 0 Å². The van der Waals surface area contributed by atoms with Crippen molar-refractivity contribution in [2.75, 3.05) is 0 Å². The van der Waals surface area contributed by atoms with Crippen LogP contribution in [-0.2, 0) is 0 Å². The molecule has 0 radical (unpaired) electrons. The molecular weight excluding hydrogens is 250 g/mol. The molecule has 4 nitrogen and oxygen atoms in total. The van der Waals surface area contributed by atoms with Crippen LogP contribution in [0.5, 0.6) is 0 Å². The molecular formula is C16H17N3O. The van der Waals surface area contributed by atoms with Gasteiger partial charge in [-0.3, -0.25) is 4.79 Å². The summed E-state index contributed by atoms with van der Waals surface area (Å²) < 4.78 is 0. The molecule has 2 atom stereocenters. The lowest BCUT2D eigenvalue weighted by Gasteiger charge is -2.11. The summed E-state index contributed by atoms with van der Waals surface area (Å²) in [5, 5.41) is 5.31. The molecule has 0 saturated heterocycles. The van der Waals surface area contributed by atoms with Gasteiger partial charge in [-0.15, -0.1) is 0 Å². The molecule has 2 fully saturated rings. The number of fused-ring (bicyclic) bond motifs is 3. The number of benzene rings is 1. The van der Waals surface area contributed by atoms with Gasteiger partial charge in [-0.05, 0) is 43.6 Å². The first kappa shape index (κ1) is 11.7. The summed E-state index contributed by atoms with van der Waals surface area (Å²) in [6.07, 6.45) is 6.66. The number of nitrogens with one attached hydrogen (secondary N) is 2. The van der Waals surface area contributed by atoms with E-state index in [1.165, 1.54) is 25.0 Å². The molecule has 1 amide bonds. The Kier molecular flexibility index (Phi) is 2.62. The lowest BCUT2D eigenvalue weighted by atomic mass is 9.99. The van der Waals surface area contributed by atoms with Crippen molar-refractivity contribution >= 4 is 22.5 Å². The number of nitrogens with zero attached hydrogens (tertiary/aromatic N) is 1. The second-order valence-electron chi connectivity index (χ2n) is 5.87. The molecule has 20 heavy (non-hydrogen) atoms. The molecule has 1 aromatic heterocycles. The number of hydrazone groups is 1. The first-order chi connectivity index (χ1) is 9.81. The monoisotopic (exact) mass is 267 g/mol. The standard InChI is InChI=1S/C16H17N3O/c20-16(13-9-17-14-4-2-1-3-12(13)14)19-18-15-8-10-5-6-11(15)7-10/h1-4,9-11,17H,5-8H2,(H,19,20)/b18-15+/t10-,11-/m0/s1. The van der Waals surface area contributed by atoms with Gasteiger partial charge >= 0.3 is 0 Å². The van der Waals surface area contributed by atoms with Gasteiger partial charge in [0.1, 0.15) is 0 Å². The fourth-order valence-electron chi connectivity index (χ4n) is 3.60. The van der Waals surface area contributed by atoms with Crippen molar-refractivity contribution in [1.29, 1.82) is 0 Å². The molecule has 1 aromatic carbocycles. The van der Waals surface area contributed by atoms with Crippen LogP contribution in [0.25, 0.3) is 10.9 Å². The molecule has 0 aliphatic heterocycles. The van der Waals surface area contributed by atoms with Crippen molar-refractivity contribution in [3.63, 3.8) is 0 Å². The zero-order valence-electron chi connectivity index (χ0n) is 11.2. The Morgan fingerprint density at radius 3 is 3.00 bits per heavy atom. The van der Waals surface area contributed by atoms with Crippen molar-refractivity contribution in [3.8, 4) is 0 Å². The molecule has 4 rings (SSSR count). The Labute approximate surface area is 117 Å². The summed E-state index contributed by atoms with van der Waals surface area (Å²) in [6, 6.07) is 7.81. The topological polar surface area (TPSA) is 57.2 Å². The van der Waals surface area contributed by atoms with E-state index in [1.54, 1.807) is 6.20 Å². The molecule has 2 saturated carbocycles. The van der Waals surface area contributed by atoms with Crippen LogP contribution in [0.15, 0.2) is 35.6 Å². The normalized spacial score (nSPS) is 26.5. The zero-order valence-corrected chi connectivity index (χ0v) is 11.2. The summed E-state index contributed by atoms with van der Waals surface area (Å²) in [5.74, 6) is 1.30. The van der Waals surface area contributed by atoms with Gasteiger partial charge in [-0.2, -0.15) is 5.10 Å². The third-order valence-corrected chi connectivity index (χ3v) is 4.65. The molecule has 2 bridgehead atoms. The fraction of sp³-hybridized carbons (Fsp3) is 0.375. The molecule has 1 heterocycles. The number of carbonyl (C=O) groups excluding carboxylic acids is 1. The highest BCUT2D eigenvalue weighted by molar-refractivity contribution is 6.07. The van der Waals surface area contributed by atoms with Crippen molar-refractivity contribution in [2.24, 2.45) is 16.9 Å². The number of aromatic amines is 1. The van der Waals surface area contributed by atoms with E-state index in [-0.39, 0.29) is 5.91 Å². The molecule has 0 unspecified atom stereocenters. The average Bonchev–Trinajstić information content (AvgIpc) is 3.19. The lowest BCUT2D eigenvalue weighted by molar-refractivity contribution is 0.0956. The third-order valence-electron chi connectivity index (χ3n) is 4.65. The van der Waals surface area contributed by atoms with Gasteiger partial charge in [0.2, 0.25) is 0 Å². The smallest absolute Gasteiger partial charge is 0.273 e. The number of para-hydroxylation sites is 1. The van der Waals surface area contributed by atoms with E-state index < -0.39 is 0 Å². The summed E-state index contributed by atoms with van der Waals surface area (Å²) in [7, 11) is 0. The second kappa shape index (κ2) is 4.47. The van der Waals surface area contributed by atoms with E-state index in [4.69, 9.17) is 0 Å². The van der Waals surface area contributed by atoms with Gasteiger partial charge < -0.3 is 4.98 Å². The first-order valence-corrected chi connectivity index (χ1v) is 7.24. The number of hydrogen-bond donors (Lipinski definition) is 2. The summed E-state index contributed by atoms with van der Waals surface area (Å²) in [5.41, 5.74) is 5.56. The Hall–Kier alpha value is -2.10. The number of aromatic nitrogens is 1. The van der Waals surface area contributed by atoms with Crippen LogP contribution in [0.4, 0.5) is 0 Å². The van der Waals surface area contributed by atoms with E-state index in [0.29, 0.717) is 11.5 Å². The maximum absolute atomic E-state index is 12.2. The summed E-state index contributed by atoms with van der Waals surface area (Å²) >= 11 is 0. The van der Waals surface area contributed by atoms with E-state index in [9.17, 15) is 4.79 Å². The van der Waals surface area contributed by atoms with Crippen LogP contribution < -0.4 is 5.43 Å². The predicted molar refractivity (Wildman–Crippen MR) is 78.6 cm³/mol. The minimum absolute atomic E-state index is 0.127. The number of hydrogen-bond acceptors (Lipinski definition) is 2. The SMILES string of the molecule is O=C(N/N=C1\C[C@H]2CC[C@H]1C2)c1c[nH]c2ccccc12. The largest absolute Gasteiger partial charge is 0.360 e. The zero-order chi connectivity index (χ0) is 13.5. The molecule has 2 N–H and O–H groups in total. The molecule has 0 spiro atoms. The Bertz CT molecular complexity index is 701. The maximum Gasteiger partial charge on any atom is 0.273 e. The summed E-state index contributed by atoms with van der Waals surface area (Å²) in [6.45, 7) is 0. The summed E-state index contributed by atoms with van der Waals surface area (Å²) in [4.78, 5) is 15.4. The Morgan fingerprint density at radius 1 is 1.30 bits per heavy atom. The third kappa shape index (κ3) is 1.83. The van der Waals surface area contributed by atoms with Crippen LogP contribution in [0, 0.1) is 11.8 Å². The van der Waals surface area contributed by atoms with E-state index in [0.717, 1.165) is 23.2 Å². The molecule has 2 aliphatic rings. The van der Waals surface area contributed by atoms with Crippen molar-refractivity contribution < 1.29 is 4.79 Å². The molecule has 2 aromatic rings. The van der Waals surface area contributed by atoms with Crippen LogP contribution in [0.1, 0.15) is 36.0 Å². The molecule has 2 aliphatic carbocycles. The van der Waals surface area contributed by atoms with Gasteiger partial charge in [-0.25, -0.2) is 5.43 Å². The Balaban J connectivity index is 1.55. The second-order valence-corrected chi connectivity index (χ2v) is 5.87. The fourth-order valence-corrected chi connectivity index (χ4v) is 3.60. The highest BCUT2D eigenvalue weighted by atomic mass is 16.2. The number of amides is 1. The van der Waals surface area contributed by atoms with Gasteiger partial charge in [0, 0.05) is 22.8 Å². The van der Waals surface area contributed by atoms with Crippen LogP contribution >= 0.6 is 0 Å².